The van der Waals surface area contributed by atoms with Crippen LogP contribution >= 0.6 is 0 Å². The van der Waals surface area contributed by atoms with Crippen molar-refractivity contribution in [1.82, 2.24) is 25.2 Å². The lowest BCUT2D eigenvalue weighted by Gasteiger charge is -2.46. The Morgan fingerprint density at radius 2 is 1.79 bits per heavy atom. The van der Waals surface area contributed by atoms with Gasteiger partial charge in [0, 0.05) is 69.7 Å². The van der Waals surface area contributed by atoms with E-state index in [0.29, 0.717) is 19.5 Å². The minimum Gasteiger partial charge on any atom is -0.361 e. The van der Waals surface area contributed by atoms with E-state index in [4.69, 9.17) is 5.73 Å². The second kappa shape index (κ2) is 11.9. The fourth-order valence-electron chi connectivity index (χ4n) is 5.67. The maximum absolute atomic E-state index is 14.2. The highest BCUT2D eigenvalue weighted by molar-refractivity contribution is 5.92. The molecule has 0 spiro atoms. The molecule has 3 aromatic rings. The van der Waals surface area contributed by atoms with Gasteiger partial charge in [-0.25, -0.2) is 10.0 Å². The standard InChI is InChI=1S/C31H44N6O2/c1-30(2,32)29(39)34-27(18-24-20-33-26-15-10-9-14-25(24)26)28(38)37-17-11-16-31(22-37,21-36(5)35(3)4)19-23-12-7-6-8-13-23/h6-10,12-15,20,27,33H,11,16-19,21-22,32H2,1-5H3,(H,34,39)/t27-,31+/m1/s1. The van der Waals surface area contributed by atoms with E-state index in [1.54, 1.807) is 13.8 Å². The number of hydrogen-bond acceptors (Lipinski definition) is 5. The number of nitrogens with one attached hydrogen (secondary N) is 2. The molecular formula is C31H44N6O2. The first kappa shape index (κ1) is 28.8. The summed E-state index contributed by atoms with van der Waals surface area (Å²) in [6, 6.07) is 17.8. The molecule has 4 N–H and O–H groups in total. The molecule has 0 bridgehead atoms. The van der Waals surface area contributed by atoms with Crippen LogP contribution < -0.4 is 11.1 Å². The number of hydrogen-bond donors (Lipinski definition) is 3. The number of carbonyl (C=O) groups is 2. The van der Waals surface area contributed by atoms with Crippen molar-refractivity contribution in [2.45, 2.75) is 51.1 Å². The Morgan fingerprint density at radius 1 is 1.10 bits per heavy atom. The zero-order chi connectivity index (χ0) is 28.2. The smallest absolute Gasteiger partial charge is 0.245 e. The van der Waals surface area contributed by atoms with Crippen LogP contribution in [0, 0.1) is 5.41 Å². The van der Waals surface area contributed by atoms with Crippen LogP contribution in [-0.4, -0.2) is 84.1 Å². The number of benzene rings is 2. The van der Waals surface area contributed by atoms with Crippen LogP contribution in [-0.2, 0) is 22.4 Å². The average molecular weight is 533 g/mol. The van der Waals surface area contributed by atoms with E-state index in [2.05, 4.69) is 51.6 Å². The molecule has 2 amide bonds. The first-order chi connectivity index (χ1) is 18.5. The van der Waals surface area contributed by atoms with Crippen LogP contribution in [0.2, 0.25) is 0 Å². The number of nitrogens with zero attached hydrogens (tertiary/aromatic N) is 3. The van der Waals surface area contributed by atoms with Crippen molar-refractivity contribution < 1.29 is 9.59 Å². The Bertz CT molecular complexity index is 1260. The van der Waals surface area contributed by atoms with Crippen molar-refractivity contribution in [3.8, 4) is 0 Å². The van der Waals surface area contributed by atoms with E-state index < -0.39 is 11.6 Å². The number of para-hydroxylation sites is 1. The zero-order valence-electron chi connectivity index (χ0n) is 24.0. The summed E-state index contributed by atoms with van der Waals surface area (Å²) in [5, 5.41) is 8.38. The molecule has 8 nitrogen and oxygen atoms in total. The van der Waals surface area contributed by atoms with Gasteiger partial charge >= 0.3 is 0 Å². The topological polar surface area (TPSA) is 97.7 Å². The van der Waals surface area contributed by atoms with Gasteiger partial charge in [-0.15, -0.1) is 0 Å². The molecule has 0 saturated carbocycles. The third-order valence-electron chi connectivity index (χ3n) is 7.93. The molecule has 39 heavy (non-hydrogen) atoms. The van der Waals surface area contributed by atoms with E-state index in [-0.39, 0.29) is 17.2 Å². The van der Waals surface area contributed by atoms with Crippen molar-refractivity contribution in [2.24, 2.45) is 11.1 Å². The molecule has 0 unspecified atom stereocenters. The number of hydrazine groups is 1. The molecule has 210 valence electrons. The molecule has 1 fully saturated rings. The van der Waals surface area contributed by atoms with Crippen LogP contribution in [0.3, 0.4) is 0 Å². The van der Waals surface area contributed by atoms with E-state index in [1.165, 1.54) is 5.56 Å². The molecule has 2 aromatic carbocycles. The molecule has 1 aromatic heterocycles. The van der Waals surface area contributed by atoms with Gasteiger partial charge < -0.3 is 20.9 Å². The summed E-state index contributed by atoms with van der Waals surface area (Å²) in [5.41, 5.74) is 8.20. The summed E-state index contributed by atoms with van der Waals surface area (Å²) in [4.78, 5) is 32.5. The molecule has 0 radical (unpaired) electrons. The lowest BCUT2D eigenvalue weighted by Crippen LogP contribution is -2.60. The Kier molecular flexibility index (Phi) is 8.79. The minimum atomic E-state index is -1.09. The van der Waals surface area contributed by atoms with Gasteiger partial charge in [-0.3, -0.25) is 9.59 Å². The zero-order valence-corrected chi connectivity index (χ0v) is 24.0. The third kappa shape index (κ3) is 7.06. The van der Waals surface area contributed by atoms with Crippen LogP contribution in [0.15, 0.2) is 60.8 Å². The molecule has 1 saturated heterocycles. The van der Waals surface area contributed by atoms with Crippen molar-refractivity contribution in [3.05, 3.63) is 71.9 Å². The predicted molar refractivity (Wildman–Crippen MR) is 157 cm³/mol. The van der Waals surface area contributed by atoms with Crippen molar-refractivity contribution in [1.29, 1.82) is 0 Å². The summed E-state index contributed by atoms with van der Waals surface area (Å²) in [7, 11) is 6.18. The number of rotatable bonds is 10. The first-order valence-electron chi connectivity index (χ1n) is 13.8. The number of fused-ring (bicyclic) bond motifs is 1. The van der Waals surface area contributed by atoms with Crippen LogP contribution in [0.4, 0.5) is 0 Å². The number of nitrogens with two attached hydrogens (primary N) is 1. The number of aromatic amines is 1. The second-order valence-electron chi connectivity index (χ2n) is 12.0. The molecule has 2 heterocycles. The summed E-state index contributed by atoms with van der Waals surface area (Å²) >= 11 is 0. The molecule has 1 aliphatic rings. The van der Waals surface area contributed by atoms with Gasteiger partial charge in [0.1, 0.15) is 6.04 Å². The Morgan fingerprint density at radius 3 is 2.49 bits per heavy atom. The van der Waals surface area contributed by atoms with E-state index in [0.717, 1.165) is 42.3 Å². The summed E-state index contributed by atoms with van der Waals surface area (Å²) in [5.74, 6) is -0.386. The number of carbonyl (C=O) groups excluding carboxylic acids is 2. The highest BCUT2D eigenvalue weighted by Gasteiger charge is 2.41. The lowest BCUT2D eigenvalue weighted by atomic mass is 9.74. The Hall–Kier alpha value is -3.20. The summed E-state index contributed by atoms with van der Waals surface area (Å²) in [6.07, 6.45) is 5.15. The molecule has 8 heteroatoms. The number of aromatic nitrogens is 1. The number of amides is 2. The summed E-state index contributed by atoms with van der Waals surface area (Å²) in [6.45, 7) is 5.46. The highest BCUT2D eigenvalue weighted by atomic mass is 16.2. The lowest BCUT2D eigenvalue weighted by molar-refractivity contribution is -0.141. The molecule has 2 atom stereocenters. The number of likely N-dealkylation sites (tertiary alicyclic amines) is 1. The van der Waals surface area contributed by atoms with Gasteiger partial charge in [0.2, 0.25) is 11.8 Å². The van der Waals surface area contributed by atoms with Gasteiger partial charge in [0.25, 0.3) is 0 Å². The molecule has 1 aliphatic heterocycles. The maximum atomic E-state index is 14.2. The largest absolute Gasteiger partial charge is 0.361 e. The van der Waals surface area contributed by atoms with Crippen molar-refractivity contribution in [2.75, 3.05) is 40.8 Å². The number of H-pyrrole nitrogens is 1. The fraction of sp³-hybridized carbons (Fsp3) is 0.484. The van der Waals surface area contributed by atoms with Gasteiger partial charge in [0.05, 0.1) is 5.54 Å². The maximum Gasteiger partial charge on any atom is 0.245 e. The Balaban J connectivity index is 1.62. The normalized spacial score (nSPS) is 19.0. The minimum absolute atomic E-state index is 0.0532. The highest BCUT2D eigenvalue weighted by Crippen LogP contribution is 2.35. The van der Waals surface area contributed by atoms with Gasteiger partial charge in [-0.05, 0) is 50.3 Å². The Labute approximate surface area is 232 Å². The number of piperidine rings is 1. The first-order valence-corrected chi connectivity index (χ1v) is 13.8. The predicted octanol–water partition coefficient (Wildman–Crippen LogP) is 3.19. The van der Waals surface area contributed by atoms with Crippen LogP contribution in [0.1, 0.15) is 37.8 Å². The van der Waals surface area contributed by atoms with Crippen molar-refractivity contribution >= 4 is 22.7 Å². The van der Waals surface area contributed by atoms with Crippen LogP contribution in [0.5, 0.6) is 0 Å². The average Bonchev–Trinajstić information content (AvgIpc) is 3.30. The molecule has 4 rings (SSSR count). The van der Waals surface area contributed by atoms with Gasteiger partial charge in [0.15, 0.2) is 0 Å². The van der Waals surface area contributed by atoms with Crippen molar-refractivity contribution in [3.63, 3.8) is 0 Å². The second-order valence-corrected chi connectivity index (χ2v) is 12.0. The van der Waals surface area contributed by atoms with Gasteiger partial charge in [-0.2, -0.15) is 0 Å². The van der Waals surface area contributed by atoms with Crippen LogP contribution in [0.25, 0.3) is 10.9 Å². The van der Waals surface area contributed by atoms with E-state index in [1.807, 2.05) is 55.5 Å². The molecular weight excluding hydrogens is 488 g/mol. The SMILES string of the molecule is CN(C)N(C)C[C@@]1(Cc2ccccc2)CCCN(C(=O)[C@@H](Cc2c[nH]c3ccccc23)NC(=O)C(C)(C)N)C1. The summed E-state index contributed by atoms with van der Waals surface area (Å²) < 4.78 is 0. The third-order valence-corrected chi connectivity index (χ3v) is 7.93. The van der Waals surface area contributed by atoms with E-state index >= 15 is 0 Å². The monoisotopic (exact) mass is 532 g/mol. The molecule has 0 aliphatic carbocycles. The van der Waals surface area contributed by atoms with Gasteiger partial charge in [-0.1, -0.05) is 48.5 Å². The quantitative estimate of drug-likeness (QED) is 0.349. The fourth-order valence-corrected chi connectivity index (χ4v) is 5.67. The van der Waals surface area contributed by atoms with E-state index in [9.17, 15) is 9.59 Å².